The summed E-state index contributed by atoms with van der Waals surface area (Å²) in [5, 5.41) is 8.42. The molecule has 2 aliphatic carbocycles. The Morgan fingerprint density at radius 3 is 2.03 bits per heavy atom. The van der Waals surface area contributed by atoms with Crippen molar-refractivity contribution in [1.29, 1.82) is 5.26 Å². The van der Waals surface area contributed by atoms with Gasteiger partial charge in [0.2, 0.25) is 0 Å². The van der Waals surface area contributed by atoms with E-state index in [1.54, 1.807) is 18.2 Å². The van der Waals surface area contributed by atoms with Crippen LogP contribution >= 0.6 is 0 Å². The SMILES string of the molecule is N#CC(F)=CC=C[C@H]1CC[C@H](CC[C@H]2CC[C@H](c3ccc(OC(F)(F)F)cc3)CC2)CC1. The smallest absolute Gasteiger partial charge is 0.406 e. The van der Waals surface area contributed by atoms with Gasteiger partial charge in [-0.3, -0.25) is 0 Å². The molecular formula is C26H31F4NO. The summed E-state index contributed by atoms with van der Waals surface area (Å²) < 4.78 is 53.7. The van der Waals surface area contributed by atoms with Gasteiger partial charge in [0.05, 0.1) is 0 Å². The van der Waals surface area contributed by atoms with Crippen molar-refractivity contribution >= 4 is 0 Å². The van der Waals surface area contributed by atoms with Crippen molar-refractivity contribution in [2.24, 2.45) is 17.8 Å². The zero-order chi connectivity index (χ0) is 23.0. The molecule has 0 amide bonds. The average Bonchev–Trinajstić information content (AvgIpc) is 2.78. The minimum Gasteiger partial charge on any atom is -0.406 e. The predicted octanol–water partition coefficient (Wildman–Crippen LogP) is 8.38. The summed E-state index contributed by atoms with van der Waals surface area (Å²) in [6.45, 7) is 0. The Morgan fingerprint density at radius 2 is 1.50 bits per heavy atom. The molecule has 2 saturated carbocycles. The van der Waals surface area contributed by atoms with Crippen molar-refractivity contribution < 1.29 is 22.3 Å². The van der Waals surface area contributed by atoms with Gasteiger partial charge in [-0.05, 0) is 98.8 Å². The molecule has 0 aromatic heterocycles. The highest BCUT2D eigenvalue weighted by atomic mass is 19.4. The second-order valence-electron chi connectivity index (χ2n) is 9.20. The Kier molecular flexibility index (Phi) is 8.78. The fourth-order valence-corrected chi connectivity index (χ4v) is 5.20. The van der Waals surface area contributed by atoms with E-state index in [9.17, 15) is 17.6 Å². The van der Waals surface area contributed by atoms with Gasteiger partial charge in [-0.1, -0.05) is 37.1 Å². The van der Waals surface area contributed by atoms with Crippen molar-refractivity contribution in [1.82, 2.24) is 0 Å². The lowest BCUT2D eigenvalue weighted by atomic mass is 9.74. The third-order valence-corrected chi connectivity index (χ3v) is 7.04. The number of hydrogen-bond acceptors (Lipinski definition) is 2. The summed E-state index contributed by atoms with van der Waals surface area (Å²) in [5.41, 5.74) is 1.11. The zero-order valence-corrected chi connectivity index (χ0v) is 18.3. The molecule has 0 spiro atoms. The van der Waals surface area contributed by atoms with Crippen molar-refractivity contribution in [3.8, 4) is 11.8 Å². The molecule has 0 saturated heterocycles. The minimum absolute atomic E-state index is 0.161. The predicted molar refractivity (Wildman–Crippen MR) is 116 cm³/mol. The molecule has 0 atom stereocenters. The number of nitriles is 1. The van der Waals surface area contributed by atoms with Gasteiger partial charge >= 0.3 is 6.36 Å². The van der Waals surface area contributed by atoms with Crippen LogP contribution in [0.1, 0.15) is 75.7 Å². The average molecular weight is 450 g/mol. The highest BCUT2D eigenvalue weighted by Gasteiger charge is 2.31. The molecule has 0 N–H and O–H groups in total. The monoisotopic (exact) mass is 449 g/mol. The molecule has 32 heavy (non-hydrogen) atoms. The first-order chi connectivity index (χ1) is 15.3. The van der Waals surface area contributed by atoms with E-state index in [0.29, 0.717) is 11.8 Å². The van der Waals surface area contributed by atoms with Crippen LogP contribution in [0.2, 0.25) is 0 Å². The van der Waals surface area contributed by atoms with Gasteiger partial charge in [0.15, 0.2) is 5.83 Å². The fraction of sp³-hybridized carbons (Fsp3) is 0.577. The van der Waals surface area contributed by atoms with E-state index in [1.807, 2.05) is 6.08 Å². The molecule has 0 bridgehead atoms. The lowest BCUT2D eigenvalue weighted by molar-refractivity contribution is -0.274. The van der Waals surface area contributed by atoms with Gasteiger partial charge in [-0.2, -0.15) is 9.65 Å². The normalized spacial score (nSPS) is 27.3. The van der Waals surface area contributed by atoms with Crippen LogP contribution in [-0.4, -0.2) is 6.36 Å². The molecule has 0 aliphatic heterocycles. The zero-order valence-electron chi connectivity index (χ0n) is 18.3. The van der Waals surface area contributed by atoms with Crippen LogP contribution < -0.4 is 4.74 Å². The van der Waals surface area contributed by atoms with Crippen LogP contribution in [-0.2, 0) is 0 Å². The molecule has 3 rings (SSSR count). The molecule has 0 radical (unpaired) electrons. The van der Waals surface area contributed by atoms with E-state index in [0.717, 1.165) is 43.1 Å². The minimum atomic E-state index is -4.65. The molecule has 174 valence electrons. The Hall–Kier alpha value is -2.29. The number of nitrogens with zero attached hydrogens (tertiary/aromatic N) is 1. The Bertz CT molecular complexity index is 806. The van der Waals surface area contributed by atoms with Crippen LogP contribution in [0.25, 0.3) is 0 Å². The summed E-state index contributed by atoms with van der Waals surface area (Å²) in [5.74, 6) is 1.51. The number of hydrogen-bond donors (Lipinski definition) is 0. The molecule has 2 fully saturated rings. The lowest BCUT2D eigenvalue weighted by Crippen LogP contribution is -2.18. The Labute approximate surface area is 188 Å². The van der Waals surface area contributed by atoms with E-state index < -0.39 is 12.2 Å². The Balaban J connectivity index is 1.34. The number of alkyl halides is 3. The van der Waals surface area contributed by atoms with Gasteiger partial charge in [0.1, 0.15) is 11.8 Å². The lowest BCUT2D eigenvalue weighted by Gasteiger charge is -2.31. The first-order valence-electron chi connectivity index (χ1n) is 11.6. The first kappa shape index (κ1) is 24.4. The summed E-state index contributed by atoms with van der Waals surface area (Å²) in [6.07, 6.45) is 12.0. The number of halogens is 4. The topological polar surface area (TPSA) is 33.0 Å². The highest BCUT2D eigenvalue weighted by molar-refractivity contribution is 5.30. The van der Waals surface area contributed by atoms with Crippen LogP contribution in [0.4, 0.5) is 17.6 Å². The van der Waals surface area contributed by atoms with Crippen molar-refractivity contribution in [3.05, 3.63) is 53.9 Å². The first-order valence-corrected chi connectivity index (χ1v) is 11.6. The molecule has 0 unspecified atom stereocenters. The van der Waals surface area contributed by atoms with E-state index in [1.165, 1.54) is 62.8 Å². The Morgan fingerprint density at radius 1 is 0.938 bits per heavy atom. The molecule has 1 aromatic carbocycles. The third-order valence-electron chi connectivity index (χ3n) is 7.04. The van der Waals surface area contributed by atoms with Gasteiger partial charge in [0.25, 0.3) is 0 Å². The number of benzene rings is 1. The van der Waals surface area contributed by atoms with Crippen LogP contribution in [0.3, 0.4) is 0 Å². The largest absolute Gasteiger partial charge is 0.573 e. The molecule has 6 heteroatoms. The van der Waals surface area contributed by atoms with Crippen molar-refractivity contribution in [2.45, 2.75) is 76.5 Å². The maximum absolute atomic E-state index is 12.8. The molecule has 2 aliphatic rings. The highest BCUT2D eigenvalue weighted by Crippen LogP contribution is 2.40. The number of ether oxygens (including phenoxy) is 1. The van der Waals surface area contributed by atoms with Crippen molar-refractivity contribution in [3.63, 3.8) is 0 Å². The summed E-state index contributed by atoms with van der Waals surface area (Å²) in [7, 11) is 0. The van der Waals surface area contributed by atoms with Crippen molar-refractivity contribution in [2.75, 3.05) is 0 Å². The van der Waals surface area contributed by atoms with Gasteiger partial charge in [0, 0.05) is 0 Å². The van der Waals surface area contributed by atoms with Crippen LogP contribution in [0, 0.1) is 29.1 Å². The maximum atomic E-state index is 12.8. The van der Waals surface area contributed by atoms with E-state index in [2.05, 4.69) is 4.74 Å². The quantitative estimate of drug-likeness (QED) is 0.238. The molecule has 0 heterocycles. The number of allylic oxidation sites excluding steroid dienone is 4. The molecule has 1 aromatic rings. The number of rotatable bonds is 7. The van der Waals surface area contributed by atoms with Gasteiger partial charge in [-0.25, -0.2) is 0 Å². The molecular weight excluding hydrogens is 418 g/mol. The summed E-state index contributed by atoms with van der Waals surface area (Å²) in [4.78, 5) is 0. The maximum Gasteiger partial charge on any atom is 0.573 e. The second kappa shape index (κ2) is 11.5. The van der Waals surface area contributed by atoms with E-state index in [4.69, 9.17) is 5.26 Å². The van der Waals surface area contributed by atoms with E-state index in [-0.39, 0.29) is 5.75 Å². The van der Waals surface area contributed by atoms with Gasteiger partial charge < -0.3 is 4.74 Å². The molecule has 2 nitrogen and oxygen atoms in total. The summed E-state index contributed by atoms with van der Waals surface area (Å²) in [6, 6.07) is 7.84. The third kappa shape index (κ3) is 8.00. The fourth-order valence-electron chi connectivity index (χ4n) is 5.20. The van der Waals surface area contributed by atoms with Crippen LogP contribution in [0.5, 0.6) is 5.75 Å². The van der Waals surface area contributed by atoms with E-state index >= 15 is 0 Å². The standard InChI is InChI=1S/C26H31F4NO/c27-24(18-31)3-1-2-19-4-6-20(7-5-19)8-9-21-10-12-22(13-11-21)23-14-16-25(17-15-23)32-26(28,29)30/h1-3,14-17,19-22H,4-13H2/t19-,20-,21-,22-. The second-order valence-corrected chi connectivity index (χ2v) is 9.20. The van der Waals surface area contributed by atoms with Crippen LogP contribution in [0.15, 0.2) is 48.3 Å². The van der Waals surface area contributed by atoms with Gasteiger partial charge in [-0.15, -0.1) is 13.2 Å². The summed E-state index contributed by atoms with van der Waals surface area (Å²) >= 11 is 0.